The van der Waals surface area contributed by atoms with Crippen molar-refractivity contribution in [2.24, 2.45) is 0 Å². The Morgan fingerprint density at radius 3 is 2.54 bits per heavy atom. The van der Waals surface area contributed by atoms with Crippen LogP contribution in [0.2, 0.25) is 0 Å². The minimum absolute atomic E-state index is 0.203. The van der Waals surface area contributed by atoms with Gasteiger partial charge in [-0.2, -0.15) is 0 Å². The molecule has 0 amide bonds. The first-order valence-electron chi connectivity index (χ1n) is 3.34. The maximum atomic E-state index is 10.7. The summed E-state index contributed by atoms with van der Waals surface area (Å²) >= 11 is 0. The summed E-state index contributed by atoms with van der Waals surface area (Å²) in [5.41, 5.74) is 0.203. The molecule has 0 aromatic rings. The van der Waals surface area contributed by atoms with E-state index in [4.69, 9.17) is 4.89 Å². The molecule has 7 heteroatoms. The Labute approximate surface area is 75.4 Å². The van der Waals surface area contributed by atoms with Gasteiger partial charge in [-0.1, -0.05) is 6.58 Å². The number of esters is 1. The lowest BCUT2D eigenvalue weighted by Crippen LogP contribution is -2.12. The second-order valence-electron chi connectivity index (χ2n) is 2.22. The lowest BCUT2D eigenvalue weighted by Gasteiger charge is -2.14. The molecule has 0 heterocycles. The van der Waals surface area contributed by atoms with Gasteiger partial charge in [-0.3, -0.25) is 4.57 Å². The zero-order valence-corrected chi connectivity index (χ0v) is 7.95. The maximum Gasteiger partial charge on any atom is 0.333 e. The number of carbonyl (C=O) groups excluding carboxylic acids is 1. The fourth-order valence-electron chi connectivity index (χ4n) is 0.410. The summed E-state index contributed by atoms with van der Waals surface area (Å²) in [5, 5.41) is 0. The fourth-order valence-corrected chi connectivity index (χ4v) is 0.715. The van der Waals surface area contributed by atoms with Gasteiger partial charge in [0.15, 0.2) is 0 Å². The van der Waals surface area contributed by atoms with Crippen LogP contribution in [0.4, 0.5) is 0 Å². The number of phosphoric ester groups is 1. The van der Waals surface area contributed by atoms with Gasteiger partial charge in [0.2, 0.25) is 0 Å². The van der Waals surface area contributed by atoms with E-state index in [-0.39, 0.29) is 12.2 Å². The van der Waals surface area contributed by atoms with Crippen LogP contribution < -0.4 is 4.89 Å². The summed E-state index contributed by atoms with van der Waals surface area (Å²) < 4.78 is 18.4. The van der Waals surface area contributed by atoms with E-state index in [1.54, 1.807) is 0 Å². The normalized spacial score (nSPS) is 14.7. The molecule has 0 aliphatic rings. The molecule has 0 aliphatic heterocycles. The second kappa shape index (κ2) is 5.14. The van der Waals surface area contributed by atoms with Gasteiger partial charge in [-0.15, -0.1) is 0 Å². The number of carbonyl (C=O) groups is 1. The van der Waals surface area contributed by atoms with E-state index in [1.165, 1.54) is 6.92 Å². The van der Waals surface area contributed by atoms with Crippen molar-refractivity contribution >= 4 is 13.8 Å². The predicted octanol–water partition coefficient (Wildman–Crippen LogP) is -0.417. The summed E-state index contributed by atoms with van der Waals surface area (Å²) in [6.45, 7) is 4.10. The average Bonchev–Trinajstić information content (AvgIpc) is 1.95. The standard InChI is InChI=1S/C6H11O6P/c1-5(2)6(7)11-3-4-12-13(8,9)10/h1,3-4H2,2H3,(H2,8,9,10)/p-1. The van der Waals surface area contributed by atoms with Gasteiger partial charge in [0.1, 0.15) is 6.61 Å². The highest BCUT2D eigenvalue weighted by atomic mass is 31.2. The Kier molecular flexibility index (Phi) is 4.87. The summed E-state index contributed by atoms with van der Waals surface area (Å²) in [6.07, 6.45) is 0. The number of ether oxygens (including phenoxy) is 1. The van der Waals surface area contributed by atoms with Gasteiger partial charge in [0.05, 0.1) is 6.61 Å². The van der Waals surface area contributed by atoms with E-state index in [0.717, 1.165) is 0 Å². The van der Waals surface area contributed by atoms with E-state index in [1.807, 2.05) is 0 Å². The van der Waals surface area contributed by atoms with Gasteiger partial charge in [-0.25, -0.2) is 4.79 Å². The number of hydrogen-bond acceptors (Lipinski definition) is 5. The molecule has 0 aliphatic carbocycles. The maximum absolute atomic E-state index is 10.7. The highest BCUT2D eigenvalue weighted by Gasteiger charge is 2.04. The van der Waals surface area contributed by atoms with Gasteiger partial charge in [0.25, 0.3) is 7.82 Å². The zero-order chi connectivity index (χ0) is 10.5. The highest BCUT2D eigenvalue weighted by molar-refractivity contribution is 7.44. The van der Waals surface area contributed by atoms with Crippen LogP contribution in [0.25, 0.3) is 0 Å². The first-order chi connectivity index (χ1) is 5.83. The molecule has 6 nitrogen and oxygen atoms in total. The van der Waals surface area contributed by atoms with E-state index in [2.05, 4.69) is 15.8 Å². The predicted molar refractivity (Wildman–Crippen MR) is 41.6 cm³/mol. The van der Waals surface area contributed by atoms with E-state index in [0.29, 0.717) is 0 Å². The van der Waals surface area contributed by atoms with Crippen molar-refractivity contribution in [3.8, 4) is 0 Å². The smallest absolute Gasteiger partial charge is 0.333 e. The van der Waals surface area contributed by atoms with Crippen molar-refractivity contribution in [1.82, 2.24) is 0 Å². The molecular weight excluding hydrogens is 199 g/mol. The van der Waals surface area contributed by atoms with Crippen LogP contribution in [0.1, 0.15) is 6.92 Å². The first-order valence-corrected chi connectivity index (χ1v) is 4.83. The molecule has 0 aromatic carbocycles. The molecule has 0 fully saturated rings. The second-order valence-corrected chi connectivity index (χ2v) is 3.41. The molecule has 0 bridgehead atoms. The van der Waals surface area contributed by atoms with Gasteiger partial charge in [0, 0.05) is 5.57 Å². The van der Waals surface area contributed by atoms with Gasteiger partial charge >= 0.3 is 5.97 Å². The molecule has 0 saturated carbocycles. The molecule has 0 spiro atoms. The van der Waals surface area contributed by atoms with Crippen molar-refractivity contribution < 1.29 is 28.4 Å². The van der Waals surface area contributed by atoms with Crippen LogP contribution in [0, 0.1) is 0 Å². The SMILES string of the molecule is C=C(C)C(=O)OCCOP(=O)([O-])O. The Hall–Kier alpha value is -0.680. The molecule has 0 saturated heterocycles. The molecular formula is C6H10O6P-. The van der Waals surface area contributed by atoms with Crippen LogP contribution in [0.15, 0.2) is 12.2 Å². The third-order valence-electron chi connectivity index (χ3n) is 0.919. The topological polar surface area (TPSA) is 95.9 Å². The highest BCUT2D eigenvalue weighted by Crippen LogP contribution is 2.29. The van der Waals surface area contributed by atoms with Crippen molar-refractivity contribution in [3.05, 3.63) is 12.2 Å². The van der Waals surface area contributed by atoms with Crippen LogP contribution in [-0.4, -0.2) is 24.1 Å². The number of rotatable bonds is 5. The molecule has 76 valence electrons. The third-order valence-corrected chi connectivity index (χ3v) is 1.43. The Morgan fingerprint density at radius 2 is 2.15 bits per heavy atom. The summed E-state index contributed by atoms with van der Waals surface area (Å²) in [6, 6.07) is 0. The number of phosphoric acid groups is 1. The summed E-state index contributed by atoms with van der Waals surface area (Å²) in [7, 11) is -4.71. The molecule has 0 rings (SSSR count). The zero-order valence-electron chi connectivity index (χ0n) is 7.06. The number of hydrogen-bond donors (Lipinski definition) is 1. The van der Waals surface area contributed by atoms with Crippen molar-refractivity contribution in [3.63, 3.8) is 0 Å². The summed E-state index contributed by atoms with van der Waals surface area (Å²) in [5.74, 6) is -0.637. The lowest BCUT2D eigenvalue weighted by atomic mass is 10.4. The van der Waals surface area contributed by atoms with Crippen molar-refractivity contribution in [2.45, 2.75) is 6.92 Å². The molecule has 0 aromatic heterocycles. The monoisotopic (exact) mass is 209 g/mol. The quantitative estimate of drug-likeness (QED) is 0.286. The largest absolute Gasteiger partial charge is 0.756 e. The van der Waals surface area contributed by atoms with Crippen molar-refractivity contribution in [1.29, 1.82) is 0 Å². The Balaban J connectivity index is 3.53. The first kappa shape index (κ1) is 12.3. The Morgan fingerprint density at radius 1 is 1.62 bits per heavy atom. The van der Waals surface area contributed by atoms with E-state index < -0.39 is 20.4 Å². The minimum atomic E-state index is -4.71. The summed E-state index contributed by atoms with van der Waals surface area (Å²) in [4.78, 5) is 28.8. The Bertz CT molecular complexity index is 242. The minimum Gasteiger partial charge on any atom is -0.756 e. The van der Waals surface area contributed by atoms with Crippen molar-refractivity contribution in [2.75, 3.05) is 13.2 Å². The lowest BCUT2D eigenvalue weighted by molar-refractivity contribution is -0.220. The van der Waals surface area contributed by atoms with Crippen LogP contribution in [-0.2, 0) is 18.6 Å². The molecule has 1 atom stereocenters. The fraction of sp³-hybridized carbons (Fsp3) is 0.500. The van der Waals surface area contributed by atoms with Crippen LogP contribution in [0.3, 0.4) is 0 Å². The van der Waals surface area contributed by atoms with Gasteiger partial charge in [-0.05, 0) is 6.92 Å². The van der Waals surface area contributed by atoms with Crippen LogP contribution in [0.5, 0.6) is 0 Å². The van der Waals surface area contributed by atoms with Gasteiger partial charge < -0.3 is 19.0 Å². The van der Waals surface area contributed by atoms with E-state index in [9.17, 15) is 14.3 Å². The molecule has 13 heavy (non-hydrogen) atoms. The molecule has 1 unspecified atom stereocenters. The molecule has 0 radical (unpaired) electrons. The van der Waals surface area contributed by atoms with Crippen LogP contribution >= 0.6 is 7.82 Å². The average molecular weight is 209 g/mol. The van der Waals surface area contributed by atoms with E-state index >= 15 is 0 Å². The third kappa shape index (κ3) is 7.67. The molecule has 1 N–H and O–H groups in total.